The van der Waals surface area contributed by atoms with Crippen LogP contribution in [0, 0.1) is 18.8 Å². The van der Waals surface area contributed by atoms with E-state index in [0.29, 0.717) is 28.0 Å². The van der Waals surface area contributed by atoms with Crippen molar-refractivity contribution in [1.82, 2.24) is 9.88 Å². The van der Waals surface area contributed by atoms with E-state index in [0.717, 1.165) is 24.5 Å². The predicted octanol–water partition coefficient (Wildman–Crippen LogP) is 3.82. The van der Waals surface area contributed by atoms with Crippen LogP contribution in [0.4, 0.5) is 5.69 Å². The van der Waals surface area contributed by atoms with Gasteiger partial charge >= 0.3 is 0 Å². The number of rotatable bonds is 3. The summed E-state index contributed by atoms with van der Waals surface area (Å²) < 4.78 is 0. The minimum atomic E-state index is -0.230. The Hall–Kier alpha value is -2.21. The van der Waals surface area contributed by atoms with Crippen molar-refractivity contribution >= 4 is 28.8 Å². The third-order valence-electron chi connectivity index (χ3n) is 4.41. The summed E-state index contributed by atoms with van der Waals surface area (Å²) in [4.78, 5) is 32.0. The number of carbonyl (C=O) groups is 2. The van der Waals surface area contributed by atoms with Gasteiger partial charge in [0, 0.05) is 13.1 Å². The Balaban J connectivity index is 1.80. The number of likely N-dealkylation sites (tertiary alicyclic amines) is 1. The second kappa shape index (κ2) is 7.35. The van der Waals surface area contributed by atoms with Crippen LogP contribution < -0.4 is 5.32 Å². The van der Waals surface area contributed by atoms with Crippen LogP contribution in [0.25, 0.3) is 0 Å². The Labute approximate surface area is 152 Å². The van der Waals surface area contributed by atoms with Crippen LogP contribution >= 0.6 is 11.3 Å². The van der Waals surface area contributed by atoms with E-state index in [-0.39, 0.29) is 11.8 Å². The summed E-state index contributed by atoms with van der Waals surface area (Å²) >= 11 is 1.34. The van der Waals surface area contributed by atoms with Crippen LogP contribution in [0.3, 0.4) is 0 Å². The molecule has 1 saturated heterocycles. The summed E-state index contributed by atoms with van der Waals surface area (Å²) in [6, 6.07) is 7.21. The van der Waals surface area contributed by atoms with Gasteiger partial charge in [-0.2, -0.15) is 0 Å². The average Bonchev–Trinajstić information content (AvgIpc) is 3.00. The smallest absolute Gasteiger partial charge is 0.267 e. The fraction of sp³-hybridized carbons (Fsp3) is 0.421. The van der Waals surface area contributed by atoms with Crippen molar-refractivity contribution in [2.75, 3.05) is 18.4 Å². The highest BCUT2D eigenvalue weighted by molar-refractivity contribution is 7.13. The molecule has 2 atom stereocenters. The summed E-state index contributed by atoms with van der Waals surface area (Å²) in [6.45, 7) is 7.74. The van der Waals surface area contributed by atoms with E-state index in [9.17, 15) is 9.59 Å². The molecular weight excluding hydrogens is 334 g/mol. The van der Waals surface area contributed by atoms with E-state index in [1.165, 1.54) is 11.3 Å². The van der Waals surface area contributed by atoms with Crippen molar-refractivity contribution in [2.45, 2.75) is 27.2 Å². The van der Waals surface area contributed by atoms with Crippen molar-refractivity contribution in [3.05, 3.63) is 45.9 Å². The number of nitrogens with zero attached hydrogens (tertiary/aromatic N) is 2. The second-order valence-electron chi connectivity index (χ2n) is 6.90. The number of amides is 2. The van der Waals surface area contributed by atoms with Crippen molar-refractivity contribution in [3.8, 4) is 0 Å². The lowest BCUT2D eigenvalue weighted by atomic mass is 9.91. The number of piperidine rings is 1. The van der Waals surface area contributed by atoms with Gasteiger partial charge in [0.25, 0.3) is 11.8 Å². The number of hydrogen-bond donors (Lipinski definition) is 1. The highest BCUT2D eigenvalue weighted by atomic mass is 32.1. The van der Waals surface area contributed by atoms with E-state index < -0.39 is 0 Å². The summed E-state index contributed by atoms with van der Waals surface area (Å²) in [7, 11) is 0. The molecule has 1 aliphatic rings. The number of anilines is 1. The molecule has 5 nitrogen and oxygen atoms in total. The first kappa shape index (κ1) is 17.6. The van der Waals surface area contributed by atoms with E-state index >= 15 is 0 Å². The van der Waals surface area contributed by atoms with Gasteiger partial charge in [-0.05, 0) is 37.3 Å². The molecule has 2 unspecified atom stereocenters. The highest BCUT2D eigenvalue weighted by Crippen LogP contribution is 2.25. The van der Waals surface area contributed by atoms with Crippen LogP contribution in [0.1, 0.15) is 45.3 Å². The molecule has 1 fully saturated rings. The number of nitrogens with one attached hydrogen (secondary N) is 1. The zero-order valence-electron chi connectivity index (χ0n) is 14.8. The highest BCUT2D eigenvalue weighted by Gasteiger charge is 2.27. The molecule has 0 spiro atoms. The predicted molar refractivity (Wildman–Crippen MR) is 100 cm³/mol. The molecule has 0 radical (unpaired) electrons. The minimum Gasteiger partial charge on any atom is -0.338 e. The number of para-hydroxylation sites is 1. The van der Waals surface area contributed by atoms with Gasteiger partial charge in [0.1, 0.15) is 4.88 Å². The van der Waals surface area contributed by atoms with E-state index in [4.69, 9.17) is 0 Å². The Bertz CT molecular complexity index is 776. The summed E-state index contributed by atoms with van der Waals surface area (Å²) in [5.41, 5.74) is 1.09. The normalized spacial score (nSPS) is 20.4. The Morgan fingerprint density at radius 1 is 1.20 bits per heavy atom. The molecule has 25 heavy (non-hydrogen) atoms. The maximum Gasteiger partial charge on any atom is 0.267 e. The molecule has 3 rings (SSSR count). The number of benzene rings is 1. The lowest BCUT2D eigenvalue weighted by Crippen LogP contribution is -2.42. The lowest BCUT2D eigenvalue weighted by molar-refractivity contribution is 0.0624. The van der Waals surface area contributed by atoms with E-state index in [1.54, 1.807) is 18.3 Å². The Morgan fingerprint density at radius 2 is 1.88 bits per heavy atom. The zero-order valence-corrected chi connectivity index (χ0v) is 15.6. The van der Waals surface area contributed by atoms with Crippen LogP contribution in [-0.4, -0.2) is 34.8 Å². The number of aromatic nitrogens is 1. The molecule has 132 valence electrons. The second-order valence-corrected chi connectivity index (χ2v) is 8.13. The molecule has 2 aromatic rings. The van der Waals surface area contributed by atoms with E-state index in [1.807, 2.05) is 24.0 Å². The molecule has 1 aromatic carbocycles. The molecule has 0 aliphatic carbocycles. The number of aryl methyl sites for hydroxylation is 1. The van der Waals surface area contributed by atoms with Gasteiger partial charge in [0.15, 0.2) is 0 Å². The first-order valence-corrected chi connectivity index (χ1v) is 9.37. The fourth-order valence-electron chi connectivity index (χ4n) is 3.43. The minimum absolute atomic E-state index is 0.0187. The number of carbonyl (C=O) groups excluding carboxylic acids is 2. The molecule has 0 saturated carbocycles. The van der Waals surface area contributed by atoms with Gasteiger partial charge in [-0.3, -0.25) is 9.59 Å². The summed E-state index contributed by atoms with van der Waals surface area (Å²) in [6.07, 6.45) is 2.71. The Morgan fingerprint density at radius 3 is 2.52 bits per heavy atom. The van der Waals surface area contributed by atoms with Crippen LogP contribution in [0.5, 0.6) is 0 Å². The maximum absolute atomic E-state index is 13.0. The summed E-state index contributed by atoms with van der Waals surface area (Å²) in [5.74, 6) is 0.741. The average molecular weight is 357 g/mol. The van der Waals surface area contributed by atoms with Crippen molar-refractivity contribution in [3.63, 3.8) is 0 Å². The van der Waals surface area contributed by atoms with Crippen LogP contribution in [-0.2, 0) is 0 Å². The van der Waals surface area contributed by atoms with Crippen molar-refractivity contribution in [2.24, 2.45) is 11.8 Å². The van der Waals surface area contributed by atoms with Gasteiger partial charge in [-0.1, -0.05) is 26.0 Å². The van der Waals surface area contributed by atoms with Gasteiger partial charge in [0.05, 0.1) is 22.5 Å². The monoisotopic (exact) mass is 357 g/mol. The molecule has 0 bridgehead atoms. The standard InChI is InChI=1S/C19H23N3O2S/c1-12-8-13(2)11-22(10-12)19(24)15-6-4-5-7-16(15)21-18(23)17-9-20-14(3)25-17/h4-7,9,12-13H,8,10-11H2,1-3H3,(H,21,23). The van der Waals surface area contributed by atoms with Crippen LogP contribution in [0.2, 0.25) is 0 Å². The molecule has 1 N–H and O–H groups in total. The third kappa shape index (κ3) is 4.07. The van der Waals surface area contributed by atoms with Gasteiger partial charge in [0.2, 0.25) is 0 Å². The maximum atomic E-state index is 13.0. The molecule has 2 heterocycles. The SMILES string of the molecule is Cc1ncc(C(=O)Nc2ccccc2C(=O)N2CC(C)CC(C)C2)s1. The van der Waals surface area contributed by atoms with Crippen molar-refractivity contribution < 1.29 is 9.59 Å². The zero-order chi connectivity index (χ0) is 18.0. The van der Waals surface area contributed by atoms with E-state index in [2.05, 4.69) is 24.1 Å². The molecule has 2 amide bonds. The largest absolute Gasteiger partial charge is 0.338 e. The molecule has 6 heteroatoms. The summed E-state index contributed by atoms with van der Waals surface area (Å²) in [5, 5.41) is 3.71. The van der Waals surface area contributed by atoms with Gasteiger partial charge < -0.3 is 10.2 Å². The van der Waals surface area contributed by atoms with Gasteiger partial charge in [-0.15, -0.1) is 11.3 Å². The first-order chi connectivity index (χ1) is 11.9. The topological polar surface area (TPSA) is 62.3 Å². The third-order valence-corrected chi connectivity index (χ3v) is 5.32. The van der Waals surface area contributed by atoms with Gasteiger partial charge in [-0.25, -0.2) is 4.98 Å². The number of hydrogen-bond acceptors (Lipinski definition) is 4. The lowest BCUT2D eigenvalue weighted by Gasteiger charge is -2.35. The fourth-order valence-corrected chi connectivity index (χ4v) is 4.10. The number of thiazole rings is 1. The van der Waals surface area contributed by atoms with Crippen LogP contribution in [0.15, 0.2) is 30.5 Å². The Kier molecular flexibility index (Phi) is 5.18. The quantitative estimate of drug-likeness (QED) is 0.908. The first-order valence-electron chi connectivity index (χ1n) is 8.56. The molecule has 1 aromatic heterocycles. The van der Waals surface area contributed by atoms with Crippen molar-refractivity contribution in [1.29, 1.82) is 0 Å². The molecule has 1 aliphatic heterocycles. The molecular formula is C19H23N3O2S.